The summed E-state index contributed by atoms with van der Waals surface area (Å²) in [5, 5.41) is 0. The number of hydrogen-bond acceptors (Lipinski definition) is 2. The third kappa shape index (κ3) is 2.14. The molecule has 0 spiro atoms. The lowest BCUT2D eigenvalue weighted by Crippen LogP contribution is -2.05. The molecular weight excluding hydrogens is 144 g/mol. The Kier molecular flexibility index (Phi) is 2.93. The summed E-state index contributed by atoms with van der Waals surface area (Å²) in [7, 11) is 1.27. The van der Waals surface area contributed by atoms with Gasteiger partial charge in [0.2, 0.25) is 0 Å². The molecule has 0 radical (unpaired) electrons. The monoisotopic (exact) mass is 158 g/mol. The predicted molar refractivity (Wildman–Crippen MR) is 43.1 cm³/mol. The van der Waals surface area contributed by atoms with E-state index in [1.165, 1.54) is 22.7 Å². The van der Waals surface area contributed by atoms with E-state index in [9.17, 15) is 4.79 Å². The molecule has 3 heteroatoms. The third-order valence-corrected chi connectivity index (χ3v) is 2.56. The molecule has 1 atom stereocenters. The van der Waals surface area contributed by atoms with E-state index in [0.29, 0.717) is 6.42 Å². The highest BCUT2D eigenvalue weighted by Crippen LogP contribution is 2.18. The van der Waals surface area contributed by atoms with Crippen molar-refractivity contribution in [3.05, 3.63) is 0 Å². The van der Waals surface area contributed by atoms with E-state index in [0.717, 1.165) is 12.8 Å². The maximum Gasteiger partial charge on any atom is 0.306 e. The number of rotatable bonds is 3. The quantitative estimate of drug-likeness (QED) is 0.435. The number of cyclic esters (lactones) is 1. The van der Waals surface area contributed by atoms with E-state index >= 15 is 0 Å². The number of ether oxygens (including phenoxy) is 1. The molecule has 0 aromatic carbocycles. The third-order valence-electron chi connectivity index (χ3n) is 1.85. The molecule has 0 N–H and O–H groups in total. The highest BCUT2D eigenvalue weighted by Gasteiger charge is 2.21. The van der Waals surface area contributed by atoms with Crippen molar-refractivity contribution in [2.75, 3.05) is 0 Å². The summed E-state index contributed by atoms with van der Waals surface area (Å²) in [4.78, 5) is 10.6. The average molecular weight is 158 g/mol. The normalized spacial score (nSPS) is 25.2. The second kappa shape index (κ2) is 3.76. The Morgan fingerprint density at radius 3 is 3.00 bits per heavy atom. The first-order chi connectivity index (χ1) is 4.83. The minimum atomic E-state index is -0.00153. The van der Waals surface area contributed by atoms with Crippen LogP contribution >= 0.6 is 0 Å². The van der Waals surface area contributed by atoms with Crippen molar-refractivity contribution in [3.63, 3.8) is 0 Å². The van der Waals surface area contributed by atoms with E-state index in [1.54, 1.807) is 0 Å². The van der Waals surface area contributed by atoms with Crippen molar-refractivity contribution < 1.29 is 9.53 Å². The Hall–Kier alpha value is -0.313. The van der Waals surface area contributed by atoms with E-state index in [-0.39, 0.29) is 12.1 Å². The van der Waals surface area contributed by atoms with Crippen molar-refractivity contribution in [2.45, 2.75) is 37.8 Å². The van der Waals surface area contributed by atoms with E-state index < -0.39 is 0 Å². The van der Waals surface area contributed by atoms with Gasteiger partial charge < -0.3 is 4.74 Å². The minimum Gasteiger partial charge on any atom is -0.462 e. The van der Waals surface area contributed by atoms with Crippen molar-refractivity contribution in [3.8, 4) is 0 Å². The molecule has 1 aliphatic heterocycles. The topological polar surface area (TPSA) is 26.3 Å². The Morgan fingerprint density at radius 2 is 2.50 bits per heavy atom. The van der Waals surface area contributed by atoms with Gasteiger partial charge in [-0.25, -0.2) is 0 Å². The van der Waals surface area contributed by atoms with Gasteiger partial charge in [0.05, 0.1) is 0 Å². The van der Waals surface area contributed by atoms with Gasteiger partial charge in [-0.1, -0.05) is 12.5 Å². The van der Waals surface area contributed by atoms with Crippen LogP contribution in [-0.2, 0) is 9.53 Å². The van der Waals surface area contributed by atoms with Crippen LogP contribution in [0.5, 0.6) is 0 Å². The first-order valence-corrected chi connectivity index (χ1v) is 5.44. The molecule has 2 nitrogen and oxygen atoms in total. The Bertz CT molecular complexity index is 125. The lowest BCUT2D eigenvalue weighted by atomic mass is 10.1. The van der Waals surface area contributed by atoms with Gasteiger partial charge in [-0.3, -0.25) is 4.79 Å². The SMILES string of the molecule is O=C1CCC(CCC[SiH3])O1. The lowest BCUT2D eigenvalue weighted by molar-refractivity contribution is -0.141. The van der Waals surface area contributed by atoms with E-state index in [2.05, 4.69) is 0 Å². The van der Waals surface area contributed by atoms with Gasteiger partial charge >= 0.3 is 5.97 Å². The van der Waals surface area contributed by atoms with Crippen LogP contribution in [0.2, 0.25) is 6.04 Å². The van der Waals surface area contributed by atoms with E-state index in [1.807, 2.05) is 0 Å². The number of carbonyl (C=O) groups excluding carboxylic acids is 1. The van der Waals surface area contributed by atoms with Crippen LogP contribution in [0.15, 0.2) is 0 Å². The smallest absolute Gasteiger partial charge is 0.306 e. The summed E-state index contributed by atoms with van der Waals surface area (Å²) in [5.74, 6) is -0.00153. The maximum atomic E-state index is 10.6. The zero-order valence-corrected chi connectivity index (χ0v) is 8.43. The van der Waals surface area contributed by atoms with Crippen molar-refractivity contribution in [1.29, 1.82) is 0 Å². The first-order valence-electron chi connectivity index (χ1n) is 4.02. The molecule has 58 valence electrons. The van der Waals surface area contributed by atoms with Gasteiger partial charge in [-0.05, 0) is 12.8 Å². The summed E-state index contributed by atoms with van der Waals surface area (Å²) in [6.07, 6.45) is 4.20. The van der Waals surface area contributed by atoms with Crippen molar-refractivity contribution >= 4 is 16.2 Å². The predicted octanol–water partition coefficient (Wildman–Crippen LogP) is 0.256. The maximum absolute atomic E-state index is 10.6. The summed E-state index contributed by atoms with van der Waals surface area (Å²) in [5.41, 5.74) is 0. The van der Waals surface area contributed by atoms with Crippen LogP contribution in [0.1, 0.15) is 25.7 Å². The summed E-state index contributed by atoms with van der Waals surface area (Å²) >= 11 is 0. The fourth-order valence-electron chi connectivity index (χ4n) is 1.22. The molecule has 1 saturated heterocycles. The molecular formula is C7H14O2Si. The molecule has 10 heavy (non-hydrogen) atoms. The largest absolute Gasteiger partial charge is 0.462 e. The highest BCUT2D eigenvalue weighted by atomic mass is 28.1. The first kappa shape index (κ1) is 7.79. The standard InChI is InChI=1S/C7H14O2Si/c8-7-4-3-6(9-7)2-1-5-10/h6H,1-5H2,10H3. The van der Waals surface area contributed by atoms with Gasteiger partial charge in [0.25, 0.3) is 0 Å². The molecule has 0 saturated carbocycles. The second-order valence-electron chi connectivity index (χ2n) is 2.79. The number of esters is 1. The van der Waals surface area contributed by atoms with Crippen molar-refractivity contribution in [1.82, 2.24) is 0 Å². The summed E-state index contributed by atoms with van der Waals surface area (Å²) in [6.45, 7) is 0. The van der Waals surface area contributed by atoms with E-state index in [4.69, 9.17) is 4.74 Å². The van der Waals surface area contributed by atoms with Gasteiger partial charge in [0.15, 0.2) is 0 Å². The van der Waals surface area contributed by atoms with Gasteiger partial charge in [-0.2, -0.15) is 0 Å². The molecule has 1 unspecified atom stereocenters. The summed E-state index contributed by atoms with van der Waals surface area (Å²) in [6, 6.07) is 1.33. The van der Waals surface area contributed by atoms with Gasteiger partial charge in [0.1, 0.15) is 6.10 Å². The average Bonchev–Trinajstić information content (AvgIpc) is 2.31. The van der Waals surface area contributed by atoms with Crippen LogP contribution in [0.3, 0.4) is 0 Å². The Labute approximate surface area is 64.4 Å². The molecule has 1 heterocycles. The Morgan fingerprint density at radius 1 is 1.70 bits per heavy atom. The van der Waals surface area contributed by atoms with Crippen molar-refractivity contribution in [2.24, 2.45) is 0 Å². The summed E-state index contributed by atoms with van der Waals surface area (Å²) < 4.78 is 5.04. The highest BCUT2D eigenvalue weighted by molar-refractivity contribution is 6.08. The van der Waals surface area contributed by atoms with Crippen LogP contribution in [0, 0.1) is 0 Å². The zero-order chi connectivity index (χ0) is 7.40. The second-order valence-corrected chi connectivity index (χ2v) is 3.79. The fourth-order valence-corrected chi connectivity index (χ4v) is 1.63. The molecule has 0 amide bonds. The fraction of sp³-hybridized carbons (Fsp3) is 0.857. The van der Waals surface area contributed by atoms with Gasteiger partial charge in [0, 0.05) is 16.7 Å². The van der Waals surface area contributed by atoms with Crippen LogP contribution in [-0.4, -0.2) is 22.3 Å². The minimum absolute atomic E-state index is 0.00153. The van der Waals surface area contributed by atoms with Gasteiger partial charge in [-0.15, -0.1) is 0 Å². The molecule has 0 aromatic rings. The molecule has 0 bridgehead atoms. The number of hydrogen-bond donors (Lipinski definition) is 0. The lowest BCUT2D eigenvalue weighted by Gasteiger charge is -2.06. The Balaban J connectivity index is 2.12. The van der Waals surface area contributed by atoms with Crippen LogP contribution in [0.25, 0.3) is 0 Å². The molecule has 1 rings (SSSR count). The zero-order valence-electron chi connectivity index (χ0n) is 6.43. The molecule has 1 fully saturated rings. The molecule has 0 aliphatic carbocycles. The van der Waals surface area contributed by atoms with Crippen LogP contribution < -0.4 is 0 Å². The van der Waals surface area contributed by atoms with Crippen LogP contribution in [0.4, 0.5) is 0 Å². The number of carbonyl (C=O) groups is 1. The molecule has 1 aliphatic rings. The molecule has 0 aromatic heterocycles.